The number of aromatic amines is 1. The zero-order valence-corrected chi connectivity index (χ0v) is 15.2. The van der Waals surface area contributed by atoms with Gasteiger partial charge in [0.05, 0.1) is 5.71 Å². The molecule has 0 aliphatic carbocycles. The predicted octanol–water partition coefficient (Wildman–Crippen LogP) is 1.85. The monoisotopic (exact) mass is 352 g/mol. The van der Waals surface area contributed by atoms with Gasteiger partial charge in [0.15, 0.2) is 0 Å². The third kappa shape index (κ3) is 6.21. The largest absolute Gasteiger partial charge is 0.494 e. The van der Waals surface area contributed by atoms with Crippen LogP contribution >= 0.6 is 0 Å². The molecule has 1 aromatic heterocycles. The van der Waals surface area contributed by atoms with Gasteiger partial charge in [-0.15, -0.1) is 0 Å². The fraction of sp³-hybridized carbons (Fsp3) is 0.647. The SMILES string of the molecule is CCCCCCC(=O)NN=C(C)c1c(O)n(CCCC)c(=O)[nH]c1=O. The van der Waals surface area contributed by atoms with Crippen LogP contribution in [0.25, 0.3) is 0 Å². The van der Waals surface area contributed by atoms with E-state index >= 15 is 0 Å². The van der Waals surface area contributed by atoms with Crippen LogP contribution < -0.4 is 16.7 Å². The Morgan fingerprint density at radius 3 is 2.48 bits per heavy atom. The van der Waals surface area contributed by atoms with Gasteiger partial charge in [-0.2, -0.15) is 5.10 Å². The number of rotatable bonds is 10. The number of aromatic nitrogens is 2. The minimum atomic E-state index is -0.728. The number of hydrogen-bond acceptors (Lipinski definition) is 5. The van der Waals surface area contributed by atoms with Crippen molar-refractivity contribution in [1.29, 1.82) is 0 Å². The molecule has 1 aromatic rings. The molecule has 1 amide bonds. The molecule has 0 fully saturated rings. The van der Waals surface area contributed by atoms with E-state index in [0.717, 1.165) is 36.7 Å². The first-order chi connectivity index (χ1) is 11.9. The van der Waals surface area contributed by atoms with Crippen LogP contribution in [0.2, 0.25) is 0 Å². The smallest absolute Gasteiger partial charge is 0.331 e. The second-order valence-electron chi connectivity index (χ2n) is 6.01. The fourth-order valence-electron chi connectivity index (χ4n) is 2.38. The van der Waals surface area contributed by atoms with Crippen molar-refractivity contribution >= 4 is 11.6 Å². The van der Waals surface area contributed by atoms with Crippen molar-refractivity contribution in [2.75, 3.05) is 0 Å². The first kappa shape index (κ1) is 20.7. The lowest BCUT2D eigenvalue weighted by molar-refractivity contribution is -0.121. The normalized spacial score (nSPS) is 11.6. The fourth-order valence-corrected chi connectivity index (χ4v) is 2.38. The van der Waals surface area contributed by atoms with Crippen molar-refractivity contribution in [1.82, 2.24) is 15.0 Å². The number of carbonyl (C=O) groups is 1. The number of hydrazone groups is 1. The van der Waals surface area contributed by atoms with E-state index in [0.29, 0.717) is 19.4 Å². The van der Waals surface area contributed by atoms with Gasteiger partial charge in [-0.25, -0.2) is 10.2 Å². The van der Waals surface area contributed by atoms with E-state index < -0.39 is 17.1 Å². The Labute approximate surface area is 147 Å². The Hall–Kier alpha value is -2.38. The summed E-state index contributed by atoms with van der Waals surface area (Å²) in [5.74, 6) is -0.675. The predicted molar refractivity (Wildman–Crippen MR) is 97.0 cm³/mol. The van der Waals surface area contributed by atoms with Crippen molar-refractivity contribution in [3.05, 3.63) is 26.4 Å². The molecule has 0 saturated heterocycles. The molecular formula is C17H28N4O4. The summed E-state index contributed by atoms with van der Waals surface area (Å²) >= 11 is 0. The molecule has 0 spiro atoms. The molecule has 0 aromatic carbocycles. The maximum absolute atomic E-state index is 12.0. The highest BCUT2D eigenvalue weighted by atomic mass is 16.3. The van der Waals surface area contributed by atoms with Gasteiger partial charge in [0, 0.05) is 13.0 Å². The lowest BCUT2D eigenvalue weighted by Gasteiger charge is -2.10. The van der Waals surface area contributed by atoms with Crippen molar-refractivity contribution in [2.45, 2.75) is 72.3 Å². The standard InChI is InChI=1S/C17H28N4O4/c1-4-6-8-9-10-13(22)20-19-12(3)14-15(23)18-17(25)21(16(14)24)11-7-5-2/h24H,4-11H2,1-3H3,(H,20,22)(H,18,23,25). The van der Waals surface area contributed by atoms with E-state index in [1.165, 1.54) is 6.92 Å². The second-order valence-corrected chi connectivity index (χ2v) is 6.01. The summed E-state index contributed by atoms with van der Waals surface area (Å²) in [5.41, 5.74) is 1.03. The van der Waals surface area contributed by atoms with Crippen molar-refractivity contribution < 1.29 is 9.90 Å². The molecule has 1 heterocycles. The summed E-state index contributed by atoms with van der Waals surface area (Å²) in [6, 6.07) is 0. The van der Waals surface area contributed by atoms with E-state index in [9.17, 15) is 19.5 Å². The summed E-state index contributed by atoms with van der Waals surface area (Å²) in [4.78, 5) is 37.7. The van der Waals surface area contributed by atoms with Crippen LogP contribution in [0.1, 0.15) is 71.3 Å². The van der Waals surface area contributed by atoms with Gasteiger partial charge in [0.25, 0.3) is 5.56 Å². The molecule has 8 heteroatoms. The molecule has 0 aliphatic heterocycles. The van der Waals surface area contributed by atoms with Crippen LogP contribution in [0.4, 0.5) is 0 Å². The van der Waals surface area contributed by atoms with Crippen molar-refractivity contribution in [3.8, 4) is 5.88 Å². The first-order valence-corrected chi connectivity index (χ1v) is 8.81. The summed E-state index contributed by atoms with van der Waals surface area (Å²) in [6.45, 7) is 5.84. The Kier molecular flexibility index (Phi) is 8.66. The van der Waals surface area contributed by atoms with Crippen LogP contribution in [0, 0.1) is 0 Å². The van der Waals surface area contributed by atoms with Gasteiger partial charge in [-0.05, 0) is 19.8 Å². The van der Waals surface area contributed by atoms with Gasteiger partial charge < -0.3 is 5.11 Å². The molecule has 1 rings (SSSR count). The van der Waals surface area contributed by atoms with E-state index in [2.05, 4.69) is 22.4 Å². The van der Waals surface area contributed by atoms with Gasteiger partial charge in [0.1, 0.15) is 5.56 Å². The number of aromatic hydroxyl groups is 1. The highest BCUT2D eigenvalue weighted by molar-refractivity contribution is 6.00. The minimum Gasteiger partial charge on any atom is -0.494 e. The third-order valence-electron chi connectivity index (χ3n) is 3.87. The Bertz CT molecular complexity index is 718. The summed E-state index contributed by atoms with van der Waals surface area (Å²) in [5, 5.41) is 14.2. The molecule has 0 unspecified atom stereocenters. The van der Waals surface area contributed by atoms with Crippen LogP contribution in [0.15, 0.2) is 14.7 Å². The van der Waals surface area contributed by atoms with E-state index in [1.54, 1.807) is 0 Å². The second kappa shape index (κ2) is 10.5. The van der Waals surface area contributed by atoms with Crippen molar-refractivity contribution in [2.24, 2.45) is 5.10 Å². The van der Waals surface area contributed by atoms with Crippen LogP contribution in [0.5, 0.6) is 5.88 Å². The summed E-state index contributed by atoms with van der Waals surface area (Å²) < 4.78 is 1.10. The summed E-state index contributed by atoms with van der Waals surface area (Å²) in [6.07, 6.45) is 5.81. The lowest BCUT2D eigenvalue weighted by Crippen LogP contribution is -2.34. The number of hydrogen-bond donors (Lipinski definition) is 3. The minimum absolute atomic E-state index is 0.109. The molecule has 0 radical (unpaired) electrons. The van der Waals surface area contributed by atoms with E-state index in [1.807, 2.05) is 6.92 Å². The van der Waals surface area contributed by atoms with Crippen LogP contribution in [-0.2, 0) is 11.3 Å². The Balaban J connectivity index is 2.90. The van der Waals surface area contributed by atoms with Crippen molar-refractivity contribution in [3.63, 3.8) is 0 Å². The molecule has 0 saturated carbocycles. The molecule has 8 nitrogen and oxygen atoms in total. The third-order valence-corrected chi connectivity index (χ3v) is 3.87. The zero-order valence-electron chi connectivity index (χ0n) is 15.2. The molecule has 140 valence electrons. The van der Waals surface area contributed by atoms with Gasteiger partial charge in [-0.1, -0.05) is 39.5 Å². The van der Waals surface area contributed by atoms with Gasteiger partial charge in [0.2, 0.25) is 11.8 Å². The molecule has 0 aliphatic rings. The quantitative estimate of drug-likeness (QED) is 0.338. The maximum Gasteiger partial charge on any atom is 0.331 e. The molecule has 3 N–H and O–H groups in total. The van der Waals surface area contributed by atoms with Crippen LogP contribution in [-0.4, -0.2) is 26.3 Å². The molecule has 0 bridgehead atoms. The highest BCUT2D eigenvalue weighted by Crippen LogP contribution is 2.12. The molecule has 25 heavy (non-hydrogen) atoms. The highest BCUT2D eigenvalue weighted by Gasteiger charge is 2.16. The first-order valence-electron chi connectivity index (χ1n) is 8.81. The molecule has 0 atom stereocenters. The topological polar surface area (TPSA) is 117 Å². The average Bonchev–Trinajstić information content (AvgIpc) is 2.56. The number of nitrogens with zero attached hydrogens (tertiary/aromatic N) is 2. The number of amides is 1. The lowest BCUT2D eigenvalue weighted by atomic mass is 10.1. The van der Waals surface area contributed by atoms with E-state index in [4.69, 9.17) is 0 Å². The number of carbonyl (C=O) groups excluding carboxylic acids is 1. The Morgan fingerprint density at radius 1 is 1.16 bits per heavy atom. The Morgan fingerprint density at radius 2 is 1.84 bits per heavy atom. The van der Waals surface area contributed by atoms with Crippen LogP contribution in [0.3, 0.4) is 0 Å². The van der Waals surface area contributed by atoms with E-state index in [-0.39, 0.29) is 17.2 Å². The van der Waals surface area contributed by atoms with Gasteiger partial charge in [-0.3, -0.25) is 19.1 Å². The number of H-pyrrole nitrogens is 1. The molecular weight excluding hydrogens is 324 g/mol. The number of nitrogens with one attached hydrogen (secondary N) is 2. The van der Waals surface area contributed by atoms with Gasteiger partial charge >= 0.3 is 5.69 Å². The zero-order chi connectivity index (χ0) is 18.8. The maximum atomic E-state index is 12.0. The number of unbranched alkanes of at least 4 members (excludes halogenated alkanes) is 4. The summed E-state index contributed by atoms with van der Waals surface area (Å²) in [7, 11) is 0. The average molecular weight is 352 g/mol.